The summed E-state index contributed by atoms with van der Waals surface area (Å²) in [6.45, 7) is 2.20. The molecule has 29 heavy (non-hydrogen) atoms. The Balaban J connectivity index is 2.33. The lowest BCUT2D eigenvalue weighted by Gasteiger charge is -2.20. The highest BCUT2D eigenvalue weighted by molar-refractivity contribution is 6.00. The van der Waals surface area contributed by atoms with Crippen molar-refractivity contribution in [2.45, 2.75) is 20.0 Å². The van der Waals surface area contributed by atoms with Crippen LogP contribution in [0.1, 0.15) is 24.2 Å². The quantitative estimate of drug-likeness (QED) is 0.359. The highest BCUT2D eigenvalue weighted by atomic mass is 16.6. The lowest BCUT2D eigenvalue weighted by molar-refractivity contribution is -0.142. The monoisotopic (exact) mass is 402 g/mol. The SMILES string of the molecule is COc1cc(C(=O)C(COC(C)=O)Oc2ccccc2OC)ccc1OC(C)=O. The van der Waals surface area contributed by atoms with Crippen molar-refractivity contribution in [3.63, 3.8) is 0 Å². The van der Waals surface area contributed by atoms with Crippen LogP contribution in [0, 0.1) is 0 Å². The number of methoxy groups -OCH3 is 2. The smallest absolute Gasteiger partial charge is 0.308 e. The van der Waals surface area contributed by atoms with E-state index >= 15 is 0 Å². The fourth-order valence-electron chi connectivity index (χ4n) is 2.47. The zero-order valence-electron chi connectivity index (χ0n) is 16.6. The van der Waals surface area contributed by atoms with Gasteiger partial charge in [0, 0.05) is 19.4 Å². The van der Waals surface area contributed by atoms with Gasteiger partial charge in [0.1, 0.15) is 6.61 Å². The van der Waals surface area contributed by atoms with Gasteiger partial charge in [-0.2, -0.15) is 0 Å². The number of para-hydroxylation sites is 2. The largest absolute Gasteiger partial charge is 0.493 e. The Kier molecular flexibility index (Phi) is 7.59. The summed E-state index contributed by atoms with van der Waals surface area (Å²) in [5, 5.41) is 0. The summed E-state index contributed by atoms with van der Waals surface area (Å²) in [5.41, 5.74) is 0.227. The highest BCUT2D eigenvalue weighted by Crippen LogP contribution is 2.30. The van der Waals surface area contributed by atoms with Crippen molar-refractivity contribution >= 4 is 17.7 Å². The number of carbonyl (C=O) groups is 3. The number of ketones is 1. The molecule has 0 aliphatic heterocycles. The number of rotatable bonds is 9. The maximum atomic E-state index is 13.0. The van der Waals surface area contributed by atoms with Crippen LogP contribution in [0.2, 0.25) is 0 Å². The molecule has 0 N–H and O–H groups in total. The standard InChI is InChI=1S/C21H22O8/c1-13(22)27-12-20(29-17-8-6-5-7-16(17)25-3)21(24)15-9-10-18(28-14(2)23)19(11-15)26-4/h5-11,20H,12H2,1-4H3. The topological polar surface area (TPSA) is 97.4 Å². The predicted octanol–water partition coefficient (Wildman–Crippen LogP) is 2.82. The molecule has 0 saturated carbocycles. The third-order valence-corrected chi connectivity index (χ3v) is 3.77. The van der Waals surface area contributed by atoms with Gasteiger partial charge in [0.15, 0.2) is 29.1 Å². The number of esters is 2. The third kappa shape index (κ3) is 5.97. The van der Waals surface area contributed by atoms with Gasteiger partial charge in [-0.1, -0.05) is 12.1 Å². The Bertz CT molecular complexity index is 890. The first-order chi connectivity index (χ1) is 13.8. The van der Waals surface area contributed by atoms with Crippen molar-refractivity contribution in [2.24, 2.45) is 0 Å². The van der Waals surface area contributed by atoms with Crippen LogP contribution < -0.4 is 18.9 Å². The Morgan fingerprint density at radius 2 is 1.48 bits per heavy atom. The molecule has 154 valence electrons. The molecule has 8 heteroatoms. The number of Topliss-reactive ketones (excluding diaryl/α,β-unsaturated/α-hetero) is 1. The molecule has 1 atom stereocenters. The lowest BCUT2D eigenvalue weighted by Crippen LogP contribution is -2.33. The van der Waals surface area contributed by atoms with Gasteiger partial charge in [0.25, 0.3) is 0 Å². The number of carbonyl (C=O) groups excluding carboxylic acids is 3. The normalized spacial score (nSPS) is 11.2. The van der Waals surface area contributed by atoms with E-state index in [1.54, 1.807) is 24.3 Å². The Labute approximate surface area is 168 Å². The predicted molar refractivity (Wildman–Crippen MR) is 103 cm³/mol. The summed E-state index contributed by atoms with van der Waals surface area (Å²) in [7, 11) is 2.86. The zero-order chi connectivity index (χ0) is 21.4. The average Bonchev–Trinajstić information content (AvgIpc) is 2.70. The number of hydrogen-bond donors (Lipinski definition) is 0. The number of ether oxygens (including phenoxy) is 5. The van der Waals surface area contributed by atoms with Crippen LogP contribution in [0.3, 0.4) is 0 Å². The highest BCUT2D eigenvalue weighted by Gasteiger charge is 2.26. The maximum Gasteiger partial charge on any atom is 0.308 e. The minimum absolute atomic E-state index is 0.179. The second kappa shape index (κ2) is 10.1. The summed E-state index contributed by atoms with van der Waals surface area (Å²) < 4.78 is 26.3. The van der Waals surface area contributed by atoms with Crippen molar-refractivity contribution in [3.05, 3.63) is 48.0 Å². The van der Waals surface area contributed by atoms with Crippen LogP contribution >= 0.6 is 0 Å². The molecule has 2 aromatic carbocycles. The summed E-state index contributed by atoms with van der Waals surface area (Å²) >= 11 is 0. The van der Waals surface area contributed by atoms with Crippen LogP contribution in [0.15, 0.2) is 42.5 Å². The number of benzene rings is 2. The molecule has 0 aliphatic carbocycles. The Morgan fingerprint density at radius 3 is 2.07 bits per heavy atom. The lowest BCUT2D eigenvalue weighted by atomic mass is 10.1. The summed E-state index contributed by atoms with van der Waals surface area (Å²) in [5.74, 6) is -0.387. The van der Waals surface area contributed by atoms with Crippen molar-refractivity contribution in [3.8, 4) is 23.0 Å². The van der Waals surface area contributed by atoms with E-state index in [2.05, 4.69) is 0 Å². The molecule has 0 amide bonds. The molecule has 0 saturated heterocycles. The van der Waals surface area contributed by atoms with Gasteiger partial charge in [-0.15, -0.1) is 0 Å². The van der Waals surface area contributed by atoms with Crippen LogP contribution in [-0.2, 0) is 14.3 Å². The van der Waals surface area contributed by atoms with E-state index in [9.17, 15) is 14.4 Å². The molecule has 0 radical (unpaired) electrons. The van der Waals surface area contributed by atoms with E-state index in [0.29, 0.717) is 11.5 Å². The van der Waals surface area contributed by atoms with Crippen molar-refractivity contribution in [2.75, 3.05) is 20.8 Å². The van der Waals surface area contributed by atoms with Crippen LogP contribution in [-0.4, -0.2) is 44.7 Å². The molecular formula is C21H22O8. The molecule has 2 rings (SSSR count). The molecule has 0 heterocycles. The van der Waals surface area contributed by atoms with Crippen molar-refractivity contribution in [1.29, 1.82) is 0 Å². The van der Waals surface area contributed by atoms with E-state index in [1.807, 2.05) is 0 Å². The van der Waals surface area contributed by atoms with Gasteiger partial charge in [0.2, 0.25) is 5.78 Å². The summed E-state index contributed by atoms with van der Waals surface area (Å²) in [4.78, 5) is 35.5. The Morgan fingerprint density at radius 1 is 0.828 bits per heavy atom. The first-order valence-corrected chi connectivity index (χ1v) is 8.69. The van der Waals surface area contributed by atoms with Gasteiger partial charge < -0.3 is 23.7 Å². The molecule has 1 unspecified atom stereocenters. The van der Waals surface area contributed by atoms with E-state index < -0.39 is 23.8 Å². The molecule has 0 bridgehead atoms. The molecular weight excluding hydrogens is 380 g/mol. The summed E-state index contributed by atoms with van der Waals surface area (Å²) in [6, 6.07) is 11.1. The molecule has 2 aromatic rings. The second-order valence-electron chi connectivity index (χ2n) is 5.88. The minimum atomic E-state index is -1.13. The van der Waals surface area contributed by atoms with Crippen LogP contribution in [0.4, 0.5) is 0 Å². The van der Waals surface area contributed by atoms with Crippen LogP contribution in [0.25, 0.3) is 0 Å². The van der Waals surface area contributed by atoms with Gasteiger partial charge in [-0.3, -0.25) is 14.4 Å². The zero-order valence-corrected chi connectivity index (χ0v) is 16.6. The average molecular weight is 402 g/mol. The van der Waals surface area contributed by atoms with Gasteiger partial charge in [0.05, 0.1) is 14.2 Å². The molecule has 0 aromatic heterocycles. The van der Waals surface area contributed by atoms with E-state index in [4.69, 9.17) is 23.7 Å². The van der Waals surface area contributed by atoms with Gasteiger partial charge >= 0.3 is 11.9 Å². The fraction of sp³-hybridized carbons (Fsp3) is 0.286. The maximum absolute atomic E-state index is 13.0. The third-order valence-electron chi connectivity index (χ3n) is 3.77. The second-order valence-corrected chi connectivity index (χ2v) is 5.88. The molecule has 0 fully saturated rings. The number of hydrogen-bond acceptors (Lipinski definition) is 8. The van der Waals surface area contributed by atoms with E-state index in [-0.39, 0.29) is 23.7 Å². The molecule has 0 aliphatic rings. The van der Waals surface area contributed by atoms with Gasteiger partial charge in [-0.25, -0.2) is 0 Å². The summed E-state index contributed by atoms with van der Waals surface area (Å²) in [6.07, 6.45) is -1.13. The first-order valence-electron chi connectivity index (χ1n) is 8.69. The van der Waals surface area contributed by atoms with Gasteiger partial charge in [-0.05, 0) is 30.3 Å². The van der Waals surface area contributed by atoms with Crippen LogP contribution in [0.5, 0.6) is 23.0 Å². The first kappa shape index (κ1) is 21.7. The Hall–Kier alpha value is -3.55. The van der Waals surface area contributed by atoms with E-state index in [1.165, 1.54) is 46.3 Å². The molecule has 0 spiro atoms. The van der Waals surface area contributed by atoms with E-state index in [0.717, 1.165) is 0 Å². The molecule has 8 nitrogen and oxygen atoms in total. The van der Waals surface area contributed by atoms with Crippen molar-refractivity contribution < 1.29 is 38.1 Å². The fourth-order valence-corrected chi connectivity index (χ4v) is 2.47. The minimum Gasteiger partial charge on any atom is -0.493 e. The van der Waals surface area contributed by atoms with Crippen molar-refractivity contribution in [1.82, 2.24) is 0 Å².